The second-order valence-electron chi connectivity index (χ2n) is 5.94. The van der Waals surface area contributed by atoms with Crippen molar-refractivity contribution in [1.29, 1.82) is 0 Å². The summed E-state index contributed by atoms with van der Waals surface area (Å²) in [7, 11) is 0. The van der Waals surface area contributed by atoms with Gasteiger partial charge in [-0.2, -0.15) is 0 Å². The Hall–Kier alpha value is -2.37. The van der Waals surface area contributed by atoms with Crippen molar-refractivity contribution in [2.45, 2.75) is 40.2 Å². The number of anilines is 2. The van der Waals surface area contributed by atoms with Gasteiger partial charge >= 0.3 is 0 Å². The van der Waals surface area contributed by atoms with Crippen LogP contribution in [-0.2, 0) is 6.54 Å². The molecule has 122 valence electrons. The Bertz CT molecular complexity index is 716. The zero-order chi connectivity index (χ0) is 16.4. The number of hydrogen-bond donors (Lipinski definition) is 1. The molecule has 0 atom stereocenters. The lowest BCUT2D eigenvalue weighted by molar-refractivity contribution is 0.102. The molecule has 1 amide bonds. The Morgan fingerprint density at radius 1 is 1.30 bits per heavy atom. The summed E-state index contributed by atoms with van der Waals surface area (Å²) < 4.78 is 2.14. The van der Waals surface area contributed by atoms with E-state index in [9.17, 15) is 4.79 Å². The van der Waals surface area contributed by atoms with Crippen molar-refractivity contribution in [3.8, 4) is 0 Å². The van der Waals surface area contributed by atoms with Crippen molar-refractivity contribution < 1.29 is 4.79 Å². The van der Waals surface area contributed by atoms with Crippen LogP contribution < -0.4 is 10.2 Å². The SMILES string of the molecule is CCn1c(C)cc(C(=O)Nc2cncnc2N2CCCC2)c1C. The standard InChI is InChI=1S/C17H23N5O/c1-4-22-12(2)9-14(13(22)3)17(23)20-15-10-18-11-19-16(15)21-7-5-6-8-21/h9-11H,4-8H2,1-3H3,(H,20,23). The van der Waals surface area contributed by atoms with E-state index in [2.05, 4.69) is 31.7 Å². The maximum Gasteiger partial charge on any atom is 0.257 e. The fourth-order valence-corrected chi connectivity index (χ4v) is 3.30. The van der Waals surface area contributed by atoms with Crippen LogP contribution in [0.3, 0.4) is 0 Å². The third-order valence-electron chi connectivity index (χ3n) is 4.48. The summed E-state index contributed by atoms with van der Waals surface area (Å²) in [5.74, 6) is 0.711. The predicted octanol–water partition coefficient (Wildman–Crippen LogP) is 2.77. The number of aromatic nitrogens is 3. The number of nitrogens with one attached hydrogen (secondary N) is 1. The fraction of sp³-hybridized carbons (Fsp3) is 0.471. The quantitative estimate of drug-likeness (QED) is 0.943. The molecule has 0 spiro atoms. The monoisotopic (exact) mass is 313 g/mol. The maximum atomic E-state index is 12.7. The molecule has 23 heavy (non-hydrogen) atoms. The summed E-state index contributed by atoms with van der Waals surface area (Å²) in [5.41, 5.74) is 3.47. The minimum Gasteiger partial charge on any atom is -0.355 e. The van der Waals surface area contributed by atoms with Gasteiger partial charge in [-0.1, -0.05) is 0 Å². The van der Waals surface area contributed by atoms with E-state index in [0.29, 0.717) is 11.3 Å². The molecule has 6 heteroatoms. The van der Waals surface area contributed by atoms with Gasteiger partial charge in [0.15, 0.2) is 5.82 Å². The van der Waals surface area contributed by atoms with Crippen LogP contribution >= 0.6 is 0 Å². The second-order valence-corrected chi connectivity index (χ2v) is 5.94. The number of carbonyl (C=O) groups is 1. The molecule has 0 aromatic carbocycles. The van der Waals surface area contributed by atoms with Gasteiger partial charge in [0.05, 0.1) is 11.8 Å². The zero-order valence-electron chi connectivity index (χ0n) is 14.0. The predicted molar refractivity (Wildman–Crippen MR) is 91.0 cm³/mol. The summed E-state index contributed by atoms with van der Waals surface area (Å²) >= 11 is 0. The third-order valence-corrected chi connectivity index (χ3v) is 4.48. The Morgan fingerprint density at radius 3 is 2.70 bits per heavy atom. The summed E-state index contributed by atoms with van der Waals surface area (Å²) in [5, 5.41) is 2.99. The summed E-state index contributed by atoms with van der Waals surface area (Å²) in [4.78, 5) is 23.3. The Morgan fingerprint density at radius 2 is 2.04 bits per heavy atom. The molecule has 1 saturated heterocycles. The van der Waals surface area contributed by atoms with Crippen molar-refractivity contribution in [1.82, 2.24) is 14.5 Å². The van der Waals surface area contributed by atoms with Crippen molar-refractivity contribution >= 4 is 17.4 Å². The first kappa shape index (κ1) is 15.5. The molecule has 1 aliphatic heterocycles. The molecular weight excluding hydrogens is 290 g/mol. The van der Waals surface area contributed by atoms with Crippen molar-refractivity contribution in [3.05, 3.63) is 35.5 Å². The third kappa shape index (κ3) is 2.93. The lowest BCUT2D eigenvalue weighted by Gasteiger charge is -2.19. The van der Waals surface area contributed by atoms with Gasteiger partial charge in [-0.25, -0.2) is 9.97 Å². The lowest BCUT2D eigenvalue weighted by Crippen LogP contribution is -2.22. The first-order chi connectivity index (χ1) is 11.1. The largest absolute Gasteiger partial charge is 0.355 e. The Kier molecular flexibility index (Phi) is 4.32. The highest BCUT2D eigenvalue weighted by Crippen LogP contribution is 2.26. The first-order valence-electron chi connectivity index (χ1n) is 8.14. The smallest absolute Gasteiger partial charge is 0.257 e. The van der Waals surface area contributed by atoms with Gasteiger partial charge in [-0.05, 0) is 39.7 Å². The van der Waals surface area contributed by atoms with Gasteiger partial charge in [0.25, 0.3) is 5.91 Å². The molecule has 3 heterocycles. The number of rotatable bonds is 4. The van der Waals surface area contributed by atoms with Gasteiger partial charge in [-0.15, -0.1) is 0 Å². The summed E-state index contributed by atoms with van der Waals surface area (Å²) in [6, 6.07) is 1.94. The first-order valence-corrected chi connectivity index (χ1v) is 8.14. The highest BCUT2D eigenvalue weighted by molar-refractivity contribution is 6.06. The minimum atomic E-state index is -0.104. The van der Waals surface area contributed by atoms with E-state index in [0.717, 1.165) is 49.7 Å². The molecule has 0 bridgehead atoms. The summed E-state index contributed by atoms with van der Waals surface area (Å²) in [6.45, 7) is 8.90. The van der Waals surface area contributed by atoms with Crippen LogP contribution in [0.4, 0.5) is 11.5 Å². The average molecular weight is 313 g/mol. The number of amides is 1. The molecule has 6 nitrogen and oxygen atoms in total. The van der Waals surface area contributed by atoms with Crippen molar-refractivity contribution in [3.63, 3.8) is 0 Å². The van der Waals surface area contributed by atoms with Crippen molar-refractivity contribution in [2.24, 2.45) is 0 Å². The minimum absolute atomic E-state index is 0.104. The Labute approximate surface area is 136 Å². The molecule has 0 aliphatic carbocycles. The van der Waals surface area contributed by atoms with E-state index in [1.807, 2.05) is 19.9 Å². The van der Waals surface area contributed by atoms with E-state index >= 15 is 0 Å². The zero-order valence-corrected chi connectivity index (χ0v) is 14.0. The molecule has 2 aromatic heterocycles. The van der Waals surface area contributed by atoms with Crippen LogP contribution in [0.25, 0.3) is 0 Å². The van der Waals surface area contributed by atoms with Crippen LogP contribution in [0.1, 0.15) is 41.5 Å². The molecule has 1 aliphatic rings. The van der Waals surface area contributed by atoms with Crippen molar-refractivity contribution in [2.75, 3.05) is 23.3 Å². The van der Waals surface area contributed by atoms with E-state index in [-0.39, 0.29) is 5.91 Å². The van der Waals surface area contributed by atoms with E-state index in [1.54, 1.807) is 6.20 Å². The van der Waals surface area contributed by atoms with Crippen LogP contribution in [0.15, 0.2) is 18.6 Å². The topological polar surface area (TPSA) is 63.1 Å². The molecule has 0 radical (unpaired) electrons. The lowest BCUT2D eigenvalue weighted by atomic mass is 10.2. The number of carbonyl (C=O) groups excluding carboxylic acids is 1. The number of hydrogen-bond acceptors (Lipinski definition) is 4. The molecule has 0 saturated carbocycles. The molecule has 0 unspecified atom stereocenters. The Balaban J connectivity index is 1.86. The van der Waals surface area contributed by atoms with Gasteiger partial charge in [0, 0.05) is 31.0 Å². The molecule has 1 N–H and O–H groups in total. The molecule has 1 fully saturated rings. The average Bonchev–Trinajstić information content (AvgIpc) is 3.16. The van der Waals surface area contributed by atoms with E-state index in [4.69, 9.17) is 0 Å². The normalized spacial score (nSPS) is 14.3. The maximum absolute atomic E-state index is 12.7. The van der Waals surface area contributed by atoms with Crippen LogP contribution in [0.2, 0.25) is 0 Å². The molecule has 3 rings (SSSR count). The van der Waals surface area contributed by atoms with Gasteiger partial charge in [0.1, 0.15) is 12.0 Å². The van der Waals surface area contributed by atoms with Gasteiger partial charge in [0.2, 0.25) is 0 Å². The highest BCUT2D eigenvalue weighted by Gasteiger charge is 2.20. The summed E-state index contributed by atoms with van der Waals surface area (Å²) in [6.07, 6.45) is 5.54. The van der Waals surface area contributed by atoms with Crippen LogP contribution in [-0.4, -0.2) is 33.5 Å². The highest BCUT2D eigenvalue weighted by atomic mass is 16.1. The van der Waals surface area contributed by atoms with E-state index in [1.165, 1.54) is 6.33 Å². The number of aryl methyl sites for hydroxylation is 1. The second kappa shape index (κ2) is 6.40. The van der Waals surface area contributed by atoms with E-state index < -0.39 is 0 Å². The van der Waals surface area contributed by atoms with Gasteiger partial charge < -0.3 is 14.8 Å². The number of nitrogens with zero attached hydrogens (tertiary/aromatic N) is 4. The van der Waals surface area contributed by atoms with Gasteiger partial charge in [-0.3, -0.25) is 4.79 Å². The van der Waals surface area contributed by atoms with Crippen LogP contribution in [0, 0.1) is 13.8 Å². The molecule has 2 aromatic rings. The fourth-order valence-electron chi connectivity index (χ4n) is 3.30. The molecular formula is C17H23N5O. The van der Waals surface area contributed by atoms with Crippen LogP contribution in [0.5, 0.6) is 0 Å².